The van der Waals surface area contributed by atoms with Gasteiger partial charge in [-0.15, -0.1) is 0 Å². The van der Waals surface area contributed by atoms with Gasteiger partial charge in [0.25, 0.3) is 0 Å². The van der Waals surface area contributed by atoms with Gasteiger partial charge >= 0.3 is 6.09 Å². The molecule has 41 heavy (non-hydrogen) atoms. The first-order chi connectivity index (χ1) is 19.7. The number of nitrogens with zero attached hydrogens (tertiary/aromatic N) is 2. The molecule has 1 amide bonds. The van der Waals surface area contributed by atoms with Crippen molar-refractivity contribution in [2.45, 2.75) is 38.6 Å². The van der Waals surface area contributed by atoms with Crippen LogP contribution in [0.2, 0.25) is 0 Å². The lowest BCUT2D eigenvalue weighted by molar-refractivity contribution is -0.121. The predicted octanol–water partition coefficient (Wildman–Crippen LogP) is 4.43. The highest BCUT2D eigenvalue weighted by molar-refractivity contribution is 6.19. The predicted molar refractivity (Wildman–Crippen MR) is 152 cm³/mol. The van der Waals surface area contributed by atoms with Gasteiger partial charge in [-0.3, -0.25) is 14.7 Å². The van der Waals surface area contributed by atoms with E-state index in [0.717, 1.165) is 11.1 Å². The molecule has 0 spiro atoms. The van der Waals surface area contributed by atoms with E-state index >= 15 is 0 Å². The Balaban J connectivity index is 1.79. The van der Waals surface area contributed by atoms with Crippen molar-refractivity contribution >= 4 is 29.7 Å². The van der Waals surface area contributed by atoms with Gasteiger partial charge in [0.2, 0.25) is 0 Å². The van der Waals surface area contributed by atoms with Crippen LogP contribution in [0.15, 0.2) is 35.3 Å². The van der Waals surface area contributed by atoms with Crippen molar-refractivity contribution in [3.05, 3.63) is 52.6 Å². The highest BCUT2D eigenvalue weighted by Gasteiger charge is 2.44. The van der Waals surface area contributed by atoms with Crippen molar-refractivity contribution in [3.63, 3.8) is 0 Å². The summed E-state index contributed by atoms with van der Waals surface area (Å²) in [5.41, 5.74) is 2.26. The summed E-state index contributed by atoms with van der Waals surface area (Å²) in [5.74, 6) is 1.25. The van der Waals surface area contributed by atoms with Crippen LogP contribution in [0.4, 0.5) is 4.79 Å². The average Bonchev–Trinajstić information content (AvgIpc) is 3.40. The van der Waals surface area contributed by atoms with E-state index in [-0.39, 0.29) is 25.7 Å². The van der Waals surface area contributed by atoms with E-state index < -0.39 is 23.9 Å². The molecule has 1 heterocycles. The van der Waals surface area contributed by atoms with Crippen molar-refractivity contribution in [3.8, 4) is 17.2 Å². The highest BCUT2D eigenvalue weighted by Crippen LogP contribution is 2.38. The minimum atomic E-state index is -0.962. The average molecular weight is 593 g/mol. The molecule has 3 rings (SSSR count). The maximum absolute atomic E-state index is 13.4. The van der Waals surface area contributed by atoms with Gasteiger partial charge in [-0.2, -0.15) is 0 Å². The van der Waals surface area contributed by atoms with Crippen molar-refractivity contribution in [1.29, 1.82) is 0 Å². The molecular formula is C29H37ClN2O9. The summed E-state index contributed by atoms with van der Waals surface area (Å²) in [7, 11) is 4.62. The lowest BCUT2D eigenvalue weighted by Crippen LogP contribution is -2.44. The van der Waals surface area contributed by atoms with Crippen LogP contribution in [0.1, 0.15) is 35.4 Å². The number of hydrogen-bond donors (Lipinski definition) is 0. The zero-order valence-electron chi connectivity index (χ0n) is 24.2. The van der Waals surface area contributed by atoms with Gasteiger partial charge in [-0.25, -0.2) is 4.79 Å². The maximum Gasteiger partial charge on any atom is 0.414 e. The number of rotatable bonds is 14. The van der Waals surface area contributed by atoms with Crippen LogP contribution in [-0.4, -0.2) is 89.1 Å². The Labute approximate surface area is 245 Å². The summed E-state index contributed by atoms with van der Waals surface area (Å²) < 4.78 is 38.2. The number of alkyl halides is 1. The molecule has 1 fully saturated rings. The smallest absolute Gasteiger partial charge is 0.414 e. The van der Waals surface area contributed by atoms with Gasteiger partial charge in [-0.1, -0.05) is 17.7 Å². The van der Waals surface area contributed by atoms with Gasteiger partial charge in [-0.05, 0) is 50.1 Å². The number of amides is 1. The van der Waals surface area contributed by atoms with E-state index in [2.05, 4.69) is 4.99 Å². The van der Waals surface area contributed by atoms with E-state index in [1.807, 2.05) is 26.0 Å². The molecule has 1 aliphatic heterocycles. The summed E-state index contributed by atoms with van der Waals surface area (Å²) in [6.07, 6.45) is -0.180. The fourth-order valence-electron chi connectivity index (χ4n) is 4.18. The Morgan fingerprint density at radius 2 is 1.93 bits per heavy atom. The molecule has 2 aromatic carbocycles. The number of benzene rings is 2. The van der Waals surface area contributed by atoms with Crippen molar-refractivity contribution in [2.75, 3.05) is 54.5 Å². The molecule has 3 unspecified atom stereocenters. The van der Waals surface area contributed by atoms with Crippen LogP contribution in [0.25, 0.3) is 0 Å². The Morgan fingerprint density at radius 3 is 2.61 bits per heavy atom. The van der Waals surface area contributed by atoms with Gasteiger partial charge in [0.05, 0.1) is 40.6 Å². The molecule has 11 nitrogen and oxygen atoms in total. The molecule has 1 saturated heterocycles. The summed E-state index contributed by atoms with van der Waals surface area (Å²) in [4.78, 5) is 32.0. The van der Waals surface area contributed by atoms with E-state index in [9.17, 15) is 9.59 Å². The minimum absolute atomic E-state index is 0.0408. The van der Waals surface area contributed by atoms with Crippen LogP contribution in [0, 0.1) is 13.8 Å². The van der Waals surface area contributed by atoms with Gasteiger partial charge in [0.1, 0.15) is 23.3 Å². The number of Topliss-reactive ketones (excluding diaryl/α,β-unsaturated/α-hetero) is 1. The van der Waals surface area contributed by atoms with Crippen LogP contribution in [0.5, 0.6) is 17.2 Å². The number of ether oxygens (including phenoxy) is 7. The molecule has 0 bridgehead atoms. The monoisotopic (exact) mass is 592 g/mol. The molecular weight excluding hydrogens is 556 g/mol. The number of aryl methyl sites for hydroxylation is 1. The third kappa shape index (κ3) is 8.32. The molecule has 0 aliphatic carbocycles. The first-order valence-corrected chi connectivity index (χ1v) is 13.4. The van der Waals surface area contributed by atoms with Crippen LogP contribution >= 0.6 is 11.6 Å². The lowest BCUT2D eigenvalue weighted by atomic mass is 10.0. The number of halogens is 1. The molecule has 12 heteroatoms. The topological polar surface area (TPSA) is 114 Å². The second-order valence-electron chi connectivity index (χ2n) is 9.17. The fraction of sp³-hybridized carbons (Fsp3) is 0.483. The summed E-state index contributed by atoms with van der Waals surface area (Å²) in [6.45, 7) is 6.04. The molecule has 0 saturated carbocycles. The second kappa shape index (κ2) is 15.6. The molecule has 0 radical (unpaired) electrons. The number of aliphatic imine (C=N–C) groups is 1. The van der Waals surface area contributed by atoms with Crippen molar-refractivity contribution in [1.82, 2.24) is 4.90 Å². The van der Waals surface area contributed by atoms with E-state index in [0.29, 0.717) is 41.6 Å². The standard InChI is InChI=1S/C29H37ClN2O9/c1-18-7-8-21(27(19(18)2)40-17-38-12-11-35-4)14-31-15-25(33)24-16-39-28(32(24)29(34)41-20(3)30)23-10-9-22(36-5)13-26(23)37-6/h7-10,13-14,20,24,28H,11-12,15-17H2,1-6H3. The molecule has 0 N–H and O–H groups in total. The molecule has 2 aromatic rings. The molecule has 3 atom stereocenters. The Morgan fingerprint density at radius 1 is 1.15 bits per heavy atom. The zero-order valence-corrected chi connectivity index (χ0v) is 24.9. The zero-order chi connectivity index (χ0) is 29.9. The van der Waals surface area contributed by atoms with Crippen molar-refractivity contribution in [2.24, 2.45) is 4.99 Å². The Hall–Kier alpha value is -3.38. The van der Waals surface area contributed by atoms with E-state index in [4.69, 9.17) is 44.8 Å². The molecule has 0 aromatic heterocycles. The number of carbonyl (C=O) groups is 2. The third-order valence-electron chi connectivity index (χ3n) is 6.46. The number of hydrogen-bond acceptors (Lipinski definition) is 10. The fourth-order valence-corrected chi connectivity index (χ4v) is 4.26. The first kappa shape index (κ1) is 32.1. The normalized spacial score (nSPS) is 17.5. The summed E-state index contributed by atoms with van der Waals surface area (Å²) in [6, 6.07) is 7.92. The van der Waals surface area contributed by atoms with E-state index in [1.54, 1.807) is 31.5 Å². The van der Waals surface area contributed by atoms with Crippen LogP contribution in [-0.2, 0) is 23.7 Å². The highest BCUT2D eigenvalue weighted by atomic mass is 35.5. The number of carbonyl (C=O) groups excluding carboxylic acids is 2. The van der Waals surface area contributed by atoms with Gasteiger partial charge < -0.3 is 33.2 Å². The van der Waals surface area contributed by atoms with Gasteiger partial charge in [0, 0.05) is 30.5 Å². The van der Waals surface area contributed by atoms with Crippen LogP contribution < -0.4 is 14.2 Å². The summed E-state index contributed by atoms with van der Waals surface area (Å²) >= 11 is 5.93. The molecule has 224 valence electrons. The molecule has 1 aliphatic rings. The largest absolute Gasteiger partial charge is 0.497 e. The quantitative estimate of drug-likeness (QED) is 0.136. The van der Waals surface area contributed by atoms with Gasteiger partial charge in [0.15, 0.2) is 24.4 Å². The van der Waals surface area contributed by atoms with Crippen molar-refractivity contribution < 1.29 is 42.7 Å². The van der Waals surface area contributed by atoms with Crippen LogP contribution in [0.3, 0.4) is 0 Å². The Kier molecular flexibility index (Phi) is 12.2. The second-order valence-corrected chi connectivity index (χ2v) is 9.78. The maximum atomic E-state index is 13.4. The number of methoxy groups -OCH3 is 3. The third-order valence-corrected chi connectivity index (χ3v) is 6.54. The summed E-state index contributed by atoms with van der Waals surface area (Å²) in [5, 5.41) is 0. The Bertz CT molecular complexity index is 1220. The van der Waals surface area contributed by atoms with E-state index in [1.165, 1.54) is 26.0 Å². The SMILES string of the molecule is COCCOCOc1c(C=NCC(=O)C2COC(c3ccc(OC)cc3OC)N2C(=O)OC(C)Cl)ccc(C)c1C. The lowest BCUT2D eigenvalue weighted by Gasteiger charge is -2.28. The number of ketones is 1. The first-order valence-electron chi connectivity index (χ1n) is 13.0. The minimum Gasteiger partial charge on any atom is -0.497 e.